The minimum Gasteiger partial charge on any atom is -0.0858 e. The summed E-state index contributed by atoms with van der Waals surface area (Å²) in [4.78, 5) is 0. The molecule has 0 nitrogen and oxygen atoms in total. The molecule has 0 bridgehead atoms. The van der Waals surface area contributed by atoms with Gasteiger partial charge in [-0.05, 0) is 21.7 Å². The minimum atomic E-state index is -0.678. The van der Waals surface area contributed by atoms with Crippen molar-refractivity contribution in [1.29, 1.82) is 0 Å². The highest BCUT2D eigenvalue weighted by Crippen LogP contribution is 2.47. The molecular weight excluding hydrogens is 235 g/mol. The molecule has 2 aromatic carbocycles. The van der Waals surface area contributed by atoms with Crippen LogP contribution in [0.25, 0.3) is 0 Å². The number of fused-ring (bicyclic) bond motifs is 2. The first kappa shape index (κ1) is 10.3. The molecule has 0 atom stereocenters. The summed E-state index contributed by atoms with van der Waals surface area (Å²) in [7, 11) is -0.678. The zero-order valence-electron chi connectivity index (χ0n) is 9.02. The monoisotopic (exact) mass is 246 g/mol. The Morgan fingerprint density at radius 2 is 1.31 bits per heavy atom. The molecule has 0 aromatic heterocycles. The molecule has 2 heteroatoms. The predicted octanol–water partition coefficient (Wildman–Crippen LogP) is 3.74. The van der Waals surface area contributed by atoms with Gasteiger partial charge < -0.3 is 0 Å². The molecule has 1 heterocycles. The third-order valence-electron chi connectivity index (χ3n) is 3.23. The van der Waals surface area contributed by atoms with Crippen LogP contribution in [0.3, 0.4) is 0 Å². The Morgan fingerprint density at radius 1 is 0.875 bits per heavy atom. The van der Waals surface area contributed by atoms with Crippen LogP contribution >= 0.6 is 18.5 Å². The van der Waals surface area contributed by atoms with Gasteiger partial charge in [-0.15, -0.1) is 0 Å². The molecule has 0 saturated heterocycles. The second-order valence-corrected chi connectivity index (χ2v) is 6.66. The van der Waals surface area contributed by atoms with Crippen LogP contribution in [0.15, 0.2) is 48.5 Å². The number of benzene rings is 2. The van der Waals surface area contributed by atoms with Crippen LogP contribution in [0.1, 0.15) is 24.0 Å². The molecule has 1 aliphatic heterocycles. The van der Waals surface area contributed by atoms with E-state index in [1.165, 1.54) is 21.7 Å². The maximum atomic E-state index is 6.61. The molecule has 0 saturated carbocycles. The van der Waals surface area contributed by atoms with Crippen LogP contribution in [-0.4, -0.2) is 0 Å². The minimum absolute atomic E-state index is 0.463. The highest BCUT2D eigenvalue weighted by Gasteiger charge is 2.27. The summed E-state index contributed by atoms with van der Waals surface area (Å²) in [5.41, 5.74) is 2.78. The van der Waals surface area contributed by atoms with E-state index in [0.29, 0.717) is 5.92 Å². The molecule has 1 aliphatic rings. The van der Waals surface area contributed by atoms with Crippen molar-refractivity contribution in [2.24, 2.45) is 0 Å². The van der Waals surface area contributed by atoms with Gasteiger partial charge >= 0.3 is 0 Å². The summed E-state index contributed by atoms with van der Waals surface area (Å²) in [6.07, 6.45) is 0. The van der Waals surface area contributed by atoms with Crippen molar-refractivity contribution in [3.63, 3.8) is 0 Å². The van der Waals surface area contributed by atoms with Crippen LogP contribution in [-0.2, 0) is 0 Å². The number of hydrogen-bond acceptors (Lipinski definition) is 0. The van der Waals surface area contributed by atoms with Gasteiger partial charge in [0.25, 0.3) is 0 Å². The summed E-state index contributed by atoms with van der Waals surface area (Å²) >= 11 is 6.61. The second-order valence-electron chi connectivity index (χ2n) is 4.12. The number of hydrogen-bond donors (Lipinski definition) is 0. The normalized spacial score (nSPS) is 22.4. The van der Waals surface area contributed by atoms with Crippen molar-refractivity contribution < 1.29 is 0 Å². The first-order valence-electron chi connectivity index (χ1n) is 5.43. The van der Waals surface area contributed by atoms with E-state index in [1.54, 1.807) is 0 Å². The Bertz CT molecular complexity index is 440. The molecule has 0 spiro atoms. The highest BCUT2D eigenvalue weighted by molar-refractivity contribution is 7.95. The van der Waals surface area contributed by atoms with Gasteiger partial charge in [-0.3, -0.25) is 0 Å². The molecular formula is C14H12ClP. The Labute approximate surface area is 102 Å². The molecule has 0 amide bonds. The summed E-state index contributed by atoms with van der Waals surface area (Å²) in [6.45, 7) is 2.26. The fourth-order valence-electron chi connectivity index (χ4n) is 2.36. The average Bonchev–Trinajstić information content (AvgIpc) is 2.36. The number of rotatable bonds is 0. The fraction of sp³-hybridized carbons (Fsp3) is 0.143. The van der Waals surface area contributed by atoms with Gasteiger partial charge in [-0.1, -0.05) is 66.7 Å². The molecule has 0 radical (unpaired) electrons. The molecule has 0 fully saturated rings. The standard InChI is InChI=1S/C14H12ClP/c1-10-11-6-2-4-8-13(11)16(15)14-9-5-3-7-12(10)14/h2-10H,1H3. The van der Waals surface area contributed by atoms with Crippen LogP contribution in [0.2, 0.25) is 0 Å². The Morgan fingerprint density at radius 3 is 1.81 bits per heavy atom. The first-order chi connectivity index (χ1) is 7.79. The molecule has 80 valence electrons. The van der Waals surface area contributed by atoms with E-state index in [0.717, 1.165) is 0 Å². The molecule has 0 N–H and O–H groups in total. The Kier molecular flexibility index (Phi) is 2.50. The first-order valence-corrected chi connectivity index (χ1v) is 7.67. The maximum absolute atomic E-state index is 6.61. The molecule has 3 rings (SSSR count). The summed E-state index contributed by atoms with van der Waals surface area (Å²) in [6, 6.07) is 17.1. The van der Waals surface area contributed by atoms with Gasteiger partial charge in [0, 0.05) is 5.92 Å². The zero-order chi connectivity index (χ0) is 11.1. The van der Waals surface area contributed by atoms with Crippen LogP contribution < -0.4 is 10.6 Å². The predicted molar refractivity (Wildman–Crippen MR) is 72.4 cm³/mol. The summed E-state index contributed by atoms with van der Waals surface area (Å²) in [5.74, 6) is 0.463. The zero-order valence-corrected chi connectivity index (χ0v) is 10.7. The summed E-state index contributed by atoms with van der Waals surface area (Å²) < 4.78 is 0. The van der Waals surface area contributed by atoms with Crippen LogP contribution in [0, 0.1) is 0 Å². The van der Waals surface area contributed by atoms with Gasteiger partial charge in [0.1, 0.15) is 0 Å². The fourth-order valence-corrected chi connectivity index (χ4v) is 4.97. The van der Waals surface area contributed by atoms with Gasteiger partial charge in [0.05, 0.1) is 7.27 Å². The van der Waals surface area contributed by atoms with Crippen molar-refractivity contribution in [3.05, 3.63) is 59.7 Å². The topological polar surface area (TPSA) is 0 Å². The van der Waals surface area contributed by atoms with Gasteiger partial charge in [0.2, 0.25) is 0 Å². The van der Waals surface area contributed by atoms with E-state index in [4.69, 9.17) is 11.2 Å². The van der Waals surface area contributed by atoms with Gasteiger partial charge in [-0.2, -0.15) is 0 Å². The van der Waals surface area contributed by atoms with Crippen LogP contribution in [0.4, 0.5) is 0 Å². The van der Waals surface area contributed by atoms with Crippen molar-refractivity contribution in [2.45, 2.75) is 12.8 Å². The van der Waals surface area contributed by atoms with Crippen molar-refractivity contribution in [1.82, 2.24) is 0 Å². The number of halogens is 1. The van der Waals surface area contributed by atoms with Crippen molar-refractivity contribution >= 4 is 29.1 Å². The lowest BCUT2D eigenvalue weighted by atomic mass is 9.92. The van der Waals surface area contributed by atoms with E-state index in [2.05, 4.69) is 55.5 Å². The lowest BCUT2D eigenvalue weighted by molar-refractivity contribution is 0.934. The average molecular weight is 247 g/mol. The Hall–Kier alpha value is -0.840. The molecule has 0 aliphatic carbocycles. The van der Waals surface area contributed by atoms with E-state index >= 15 is 0 Å². The second kappa shape index (κ2) is 3.87. The largest absolute Gasteiger partial charge is 0.0858 e. The van der Waals surface area contributed by atoms with Crippen molar-refractivity contribution in [2.75, 3.05) is 0 Å². The van der Waals surface area contributed by atoms with E-state index in [1.807, 2.05) is 0 Å². The quantitative estimate of drug-likeness (QED) is 0.622. The molecule has 2 aromatic rings. The van der Waals surface area contributed by atoms with Crippen molar-refractivity contribution in [3.8, 4) is 0 Å². The highest BCUT2D eigenvalue weighted by atomic mass is 35.7. The smallest absolute Gasteiger partial charge is 0.0530 e. The lowest BCUT2D eigenvalue weighted by Crippen LogP contribution is -2.25. The Balaban J connectivity index is 2.26. The van der Waals surface area contributed by atoms with Gasteiger partial charge in [-0.25, -0.2) is 0 Å². The third-order valence-corrected chi connectivity index (χ3v) is 5.98. The molecule has 16 heavy (non-hydrogen) atoms. The SMILES string of the molecule is CC1c2ccccc2P(Cl)c2ccccc21. The lowest BCUT2D eigenvalue weighted by Gasteiger charge is -2.28. The summed E-state index contributed by atoms with van der Waals surface area (Å²) in [5, 5.41) is 2.65. The third kappa shape index (κ3) is 1.41. The maximum Gasteiger partial charge on any atom is 0.0530 e. The van der Waals surface area contributed by atoms with Crippen LogP contribution in [0.5, 0.6) is 0 Å². The van der Waals surface area contributed by atoms with E-state index < -0.39 is 7.27 Å². The molecule has 0 unspecified atom stereocenters. The van der Waals surface area contributed by atoms with E-state index in [-0.39, 0.29) is 0 Å². The van der Waals surface area contributed by atoms with Gasteiger partial charge in [0.15, 0.2) is 0 Å². The van der Waals surface area contributed by atoms with E-state index in [9.17, 15) is 0 Å².